The molecule has 0 atom stereocenters. The zero-order chi connectivity index (χ0) is 10.7. The number of carbonyl (C=O) groups is 1. The summed E-state index contributed by atoms with van der Waals surface area (Å²) in [5, 5.41) is 2.99. The Morgan fingerprint density at radius 2 is 2.07 bits per heavy atom. The molecule has 15 heavy (non-hydrogen) atoms. The summed E-state index contributed by atoms with van der Waals surface area (Å²) in [4.78, 5) is 13.6. The average molecular weight is 205 g/mol. The molecule has 1 aliphatic rings. The summed E-state index contributed by atoms with van der Waals surface area (Å²) < 4.78 is 10.6. The molecule has 0 bridgehead atoms. The summed E-state index contributed by atoms with van der Waals surface area (Å²) in [6.07, 6.45) is 0. The monoisotopic (exact) mass is 205 g/mol. The maximum Gasteiger partial charge on any atom is 0.249 e. The van der Waals surface area contributed by atoms with E-state index in [1.165, 1.54) is 12.1 Å². The fourth-order valence-electron chi connectivity index (χ4n) is 1.27. The van der Waals surface area contributed by atoms with E-state index in [0.717, 1.165) is 0 Å². The Labute approximate surface area is 85.0 Å². The van der Waals surface area contributed by atoms with Gasteiger partial charge in [-0.15, -0.1) is 0 Å². The van der Waals surface area contributed by atoms with E-state index in [-0.39, 0.29) is 5.56 Å². The summed E-state index contributed by atoms with van der Waals surface area (Å²) in [7, 11) is 0. The number of rotatable bonds is 1. The lowest BCUT2D eigenvalue weighted by Crippen LogP contribution is -2.15. The van der Waals surface area contributed by atoms with Crippen molar-refractivity contribution in [3.63, 3.8) is 0 Å². The Hall–Kier alpha value is -2.20. The van der Waals surface area contributed by atoms with E-state index in [4.69, 9.17) is 15.0 Å². The first kappa shape index (κ1) is 9.36. The normalized spacial score (nSPS) is 12.8. The highest BCUT2D eigenvalue weighted by Crippen LogP contribution is 2.30. The number of ether oxygens (including phenoxy) is 2. The summed E-state index contributed by atoms with van der Waals surface area (Å²) in [6.45, 7) is 0.947. The second-order valence-corrected chi connectivity index (χ2v) is 2.85. The zero-order valence-corrected chi connectivity index (χ0v) is 7.71. The first-order valence-corrected chi connectivity index (χ1v) is 4.30. The number of hydrogen-bond donors (Lipinski definition) is 0. The van der Waals surface area contributed by atoms with Crippen molar-refractivity contribution in [2.45, 2.75) is 0 Å². The van der Waals surface area contributed by atoms with Crippen molar-refractivity contribution in [2.24, 2.45) is 5.11 Å². The van der Waals surface area contributed by atoms with Crippen LogP contribution in [-0.2, 0) is 0 Å². The number of hydrogen-bond acceptors (Lipinski definition) is 3. The Kier molecular flexibility index (Phi) is 2.43. The molecule has 0 saturated carbocycles. The van der Waals surface area contributed by atoms with Crippen molar-refractivity contribution in [1.29, 1.82) is 0 Å². The van der Waals surface area contributed by atoms with E-state index >= 15 is 0 Å². The predicted molar refractivity (Wildman–Crippen MR) is 50.9 cm³/mol. The third-order valence-corrected chi connectivity index (χ3v) is 1.92. The quantitative estimate of drug-likeness (QED) is 0.398. The molecule has 0 N–H and O–H groups in total. The molecule has 0 spiro atoms. The number of fused-ring (bicyclic) bond motifs is 1. The minimum absolute atomic E-state index is 0.289. The molecule has 0 aliphatic carbocycles. The molecular formula is C9H7N3O3. The molecule has 0 fully saturated rings. The number of azide groups is 1. The third-order valence-electron chi connectivity index (χ3n) is 1.92. The molecule has 1 heterocycles. The van der Waals surface area contributed by atoms with Gasteiger partial charge in [-0.1, -0.05) is 0 Å². The Bertz CT molecular complexity index is 452. The van der Waals surface area contributed by atoms with E-state index in [1.54, 1.807) is 6.07 Å². The molecular weight excluding hydrogens is 198 g/mol. The maximum absolute atomic E-state index is 11.2. The summed E-state index contributed by atoms with van der Waals surface area (Å²) in [6, 6.07) is 4.66. The van der Waals surface area contributed by atoms with Gasteiger partial charge in [0, 0.05) is 10.5 Å². The van der Waals surface area contributed by atoms with Gasteiger partial charge in [-0.2, -0.15) is 0 Å². The maximum atomic E-state index is 11.2. The van der Waals surface area contributed by atoms with E-state index in [0.29, 0.717) is 24.7 Å². The van der Waals surface area contributed by atoms with Crippen LogP contribution < -0.4 is 9.47 Å². The van der Waals surface area contributed by atoms with Crippen molar-refractivity contribution in [3.05, 3.63) is 34.2 Å². The molecule has 76 valence electrons. The van der Waals surface area contributed by atoms with Crippen LogP contribution in [-0.4, -0.2) is 19.1 Å². The van der Waals surface area contributed by atoms with Crippen LogP contribution in [0.4, 0.5) is 0 Å². The average Bonchev–Trinajstić information content (AvgIpc) is 2.29. The number of benzene rings is 1. The van der Waals surface area contributed by atoms with Gasteiger partial charge in [0.15, 0.2) is 11.5 Å². The Morgan fingerprint density at radius 1 is 1.33 bits per heavy atom. The van der Waals surface area contributed by atoms with Crippen LogP contribution in [0.1, 0.15) is 10.4 Å². The first-order valence-electron chi connectivity index (χ1n) is 4.30. The van der Waals surface area contributed by atoms with Crippen LogP contribution in [0.25, 0.3) is 10.4 Å². The van der Waals surface area contributed by atoms with E-state index in [1.807, 2.05) is 0 Å². The van der Waals surface area contributed by atoms with Gasteiger partial charge in [0.05, 0.1) is 0 Å². The van der Waals surface area contributed by atoms with Gasteiger partial charge in [0.2, 0.25) is 5.91 Å². The van der Waals surface area contributed by atoms with Crippen LogP contribution in [0.5, 0.6) is 11.5 Å². The molecule has 1 amide bonds. The lowest BCUT2D eigenvalue weighted by molar-refractivity contribution is 0.0999. The second kappa shape index (κ2) is 3.89. The molecule has 6 nitrogen and oxygen atoms in total. The second-order valence-electron chi connectivity index (χ2n) is 2.85. The molecule has 1 aromatic carbocycles. The molecule has 1 aliphatic heterocycles. The standard InChI is InChI=1S/C9H7N3O3/c10-12-11-9(13)6-1-2-7-8(5-6)15-4-3-14-7/h1-2,5H,3-4H2. The molecule has 0 unspecified atom stereocenters. The first-order chi connectivity index (χ1) is 7.31. The Morgan fingerprint density at radius 3 is 2.80 bits per heavy atom. The molecule has 0 aromatic heterocycles. The van der Waals surface area contributed by atoms with Crippen LogP contribution >= 0.6 is 0 Å². The highest BCUT2D eigenvalue weighted by atomic mass is 16.6. The predicted octanol–water partition coefficient (Wildman–Crippen LogP) is 1.91. The summed E-state index contributed by atoms with van der Waals surface area (Å²) >= 11 is 0. The lowest BCUT2D eigenvalue weighted by Gasteiger charge is -2.18. The van der Waals surface area contributed by atoms with Gasteiger partial charge in [-0.3, -0.25) is 4.79 Å². The topological polar surface area (TPSA) is 84.3 Å². The number of amides is 1. The van der Waals surface area contributed by atoms with Crippen molar-refractivity contribution in [1.82, 2.24) is 0 Å². The SMILES string of the molecule is [N-]=[N+]=NC(=O)c1ccc2c(c1)OCCO2. The minimum Gasteiger partial charge on any atom is -0.486 e. The molecule has 0 saturated heterocycles. The van der Waals surface area contributed by atoms with Gasteiger partial charge in [0.1, 0.15) is 13.2 Å². The van der Waals surface area contributed by atoms with Crippen LogP contribution in [0, 0.1) is 0 Å². The molecule has 2 rings (SSSR count). The van der Waals surface area contributed by atoms with Crippen molar-refractivity contribution >= 4 is 5.91 Å². The summed E-state index contributed by atoms with van der Waals surface area (Å²) in [5.74, 6) is 0.466. The van der Waals surface area contributed by atoms with E-state index in [9.17, 15) is 4.79 Å². The van der Waals surface area contributed by atoms with Crippen molar-refractivity contribution in [3.8, 4) is 11.5 Å². The van der Waals surface area contributed by atoms with E-state index in [2.05, 4.69) is 10.0 Å². The van der Waals surface area contributed by atoms with Crippen molar-refractivity contribution in [2.75, 3.05) is 13.2 Å². The zero-order valence-electron chi connectivity index (χ0n) is 7.71. The van der Waals surface area contributed by atoms with Gasteiger partial charge in [0.25, 0.3) is 0 Å². The Balaban J connectivity index is 2.35. The van der Waals surface area contributed by atoms with Crippen LogP contribution in [0.3, 0.4) is 0 Å². The summed E-state index contributed by atoms with van der Waals surface area (Å²) in [5.41, 5.74) is 8.41. The van der Waals surface area contributed by atoms with Crippen LogP contribution in [0.15, 0.2) is 23.3 Å². The van der Waals surface area contributed by atoms with Gasteiger partial charge in [-0.25, -0.2) is 0 Å². The number of carbonyl (C=O) groups excluding carboxylic acids is 1. The van der Waals surface area contributed by atoms with Crippen molar-refractivity contribution < 1.29 is 14.3 Å². The fraction of sp³-hybridized carbons (Fsp3) is 0.222. The fourth-order valence-corrected chi connectivity index (χ4v) is 1.27. The van der Waals surface area contributed by atoms with Gasteiger partial charge < -0.3 is 9.47 Å². The number of nitrogens with zero attached hydrogens (tertiary/aromatic N) is 3. The minimum atomic E-state index is -0.630. The highest BCUT2D eigenvalue weighted by Gasteiger charge is 2.13. The smallest absolute Gasteiger partial charge is 0.249 e. The van der Waals surface area contributed by atoms with Crippen LogP contribution in [0.2, 0.25) is 0 Å². The highest BCUT2D eigenvalue weighted by molar-refractivity contribution is 5.95. The molecule has 6 heteroatoms. The molecule has 0 radical (unpaired) electrons. The van der Waals surface area contributed by atoms with Gasteiger partial charge in [-0.05, 0) is 28.8 Å². The largest absolute Gasteiger partial charge is 0.486 e. The van der Waals surface area contributed by atoms with E-state index < -0.39 is 5.91 Å². The molecule has 1 aromatic rings. The van der Waals surface area contributed by atoms with Gasteiger partial charge >= 0.3 is 0 Å². The third kappa shape index (κ3) is 1.84. The lowest BCUT2D eigenvalue weighted by atomic mass is 10.2.